The lowest BCUT2D eigenvalue weighted by Gasteiger charge is -2.06. The van der Waals surface area contributed by atoms with Gasteiger partial charge in [-0.05, 0) is 19.1 Å². The fourth-order valence-corrected chi connectivity index (χ4v) is 1.39. The molecular formula is C9H9F3N4. The molecule has 0 saturated heterocycles. The molecule has 86 valence electrons. The van der Waals surface area contributed by atoms with Crippen LogP contribution in [0.3, 0.4) is 0 Å². The van der Waals surface area contributed by atoms with Gasteiger partial charge in [0.1, 0.15) is 0 Å². The van der Waals surface area contributed by atoms with Gasteiger partial charge in [-0.25, -0.2) is 9.50 Å². The molecule has 2 aromatic rings. The van der Waals surface area contributed by atoms with E-state index in [4.69, 9.17) is 5.73 Å². The number of alkyl halides is 3. The lowest BCUT2D eigenvalue weighted by molar-refractivity contribution is -0.144. The second-order valence-corrected chi connectivity index (χ2v) is 3.44. The Bertz CT molecular complexity index is 515. The van der Waals surface area contributed by atoms with E-state index in [0.717, 1.165) is 4.52 Å². The van der Waals surface area contributed by atoms with E-state index >= 15 is 0 Å². The maximum absolute atomic E-state index is 12.4. The zero-order valence-electron chi connectivity index (χ0n) is 8.36. The predicted octanol–water partition coefficient (Wildman–Crippen LogP) is 1.77. The van der Waals surface area contributed by atoms with E-state index < -0.39 is 18.0 Å². The zero-order chi connectivity index (χ0) is 11.9. The van der Waals surface area contributed by atoms with E-state index in [-0.39, 0.29) is 5.65 Å². The van der Waals surface area contributed by atoms with Crippen molar-refractivity contribution in [3.05, 3.63) is 29.7 Å². The Morgan fingerprint density at radius 2 is 2.06 bits per heavy atom. The summed E-state index contributed by atoms with van der Waals surface area (Å²) in [6.45, 7) is 1.67. The summed E-state index contributed by atoms with van der Waals surface area (Å²) in [5.41, 5.74) is 6.26. The normalized spacial score (nSPS) is 14.3. The largest absolute Gasteiger partial charge is 0.453 e. The monoisotopic (exact) mass is 230 g/mol. The summed E-state index contributed by atoms with van der Waals surface area (Å²) in [5, 5.41) is 3.41. The molecule has 0 aliphatic rings. The number of hydrogen-bond acceptors (Lipinski definition) is 3. The molecule has 2 N–H and O–H groups in total. The van der Waals surface area contributed by atoms with Crippen LogP contribution in [0.25, 0.3) is 5.65 Å². The standard InChI is InChI=1S/C9H9F3N4/c1-5(13)6-3-2-4-7-14-8(9(10,11)12)15-16(6)7/h2-5H,13H2,1H3. The van der Waals surface area contributed by atoms with Gasteiger partial charge in [0.05, 0.1) is 5.69 Å². The number of pyridine rings is 1. The molecule has 16 heavy (non-hydrogen) atoms. The highest BCUT2D eigenvalue weighted by Gasteiger charge is 2.36. The Labute approximate surface area is 88.9 Å². The van der Waals surface area contributed by atoms with Gasteiger partial charge in [0.15, 0.2) is 5.65 Å². The molecule has 0 amide bonds. The van der Waals surface area contributed by atoms with Gasteiger partial charge < -0.3 is 5.73 Å². The maximum atomic E-state index is 12.4. The molecule has 0 spiro atoms. The molecule has 0 saturated carbocycles. The van der Waals surface area contributed by atoms with Gasteiger partial charge in [0.25, 0.3) is 5.82 Å². The number of nitrogens with two attached hydrogens (primary N) is 1. The van der Waals surface area contributed by atoms with Crippen molar-refractivity contribution in [1.29, 1.82) is 0 Å². The van der Waals surface area contributed by atoms with Crippen molar-refractivity contribution in [2.24, 2.45) is 5.73 Å². The molecule has 2 heterocycles. The second-order valence-electron chi connectivity index (χ2n) is 3.44. The van der Waals surface area contributed by atoms with E-state index in [9.17, 15) is 13.2 Å². The first-order valence-electron chi connectivity index (χ1n) is 4.58. The van der Waals surface area contributed by atoms with Crippen LogP contribution in [0.15, 0.2) is 18.2 Å². The van der Waals surface area contributed by atoms with Gasteiger partial charge in [-0.2, -0.15) is 13.2 Å². The van der Waals surface area contributed by atoms with Crippen LogP contribution in [0, 0.1) is 0 Å². The topological polar surface area (TPSA) is 56.2 Å². The van der Waals surface area contributed by atoms with Crippen LogP contribution < -0.4 is 5.73 Å². The molecule has 7 heteroatoms. The molecule has 0 aromatic carbocycles. The Kier molecular flexibility index (Phi) is 2.34. The summed E-state index contributed by atoms with van der Waals surface area (Å²) in [7, 11) is 0. The van der Waals surface area contributed by atoms with Gasteiger partial charge in [0, 0.05) is 6.04 Å². The van der Waals surface area contributed by atoms with Gasteiger partial charge in [-0.1, -0.05) is 6.07 Å². The third kappa shape index (κ3) is 1.73. The van der Waals surface area contributed by atoms with Gasteiger partial charge in [-0.3, -0.25) is 0 Å². The lowest BCUT2D eigenvalue weighted by Crippen LogP contribution is -2.12. The van der Waals surface area contributed by atoms with Crippen molar-refractivity contribution >= 4 is 5.65 Å². The predicted molar refractivity (Wildman–Crippen MR) is 50.6 cm³/mol. The van der Waals surface area contributed by atoms with E-state index in [0.29, 0.717) is 5.69 Å². The molecule has 0 fully saturated rings. The number of nitrogens with zero attached hydrogens (tertiary/aromatic N) is 3. The Balaban J connectivity index is 2.66. The summed E-state index contributed by atoms with van der Waals surface area (Å²) in [6.07, 6.45) is -4.54. The highest BCUT2D eigenvalue weighted by molar-refractivity contribution is 5.39. The van der Waals surface area contributed by atoms with Crippen molar-refractivity contribution in [1.82, 2.24) is 14.6 Å². The molecule has 1 atom stereocenters. The quantitative estimate of drug-likeness (QED) is 0.812. The Morgan fingerprint density at radius 1 is 1.38 bits per heavy atom. The van der Waals surface area contributed by atoms with Crippen LogP contribution in [-0.4, -0.2) is 14.6 Å². The third-order valence-corrected chi connectivity index (χ3v) is 2.11. The molecule has 0 aliphatic heterocycles. The van der Waals surface area contributed by atoms with Gasteiger partial charge >= 0.3 is 6.18 Å². The molecular weight excluding hydrogens is 221 g/mol. The average molecular weight is 230 g/mol. The second kappa shape index (κ2) is 3.44. The molecule has 0 aliphatic carbocycles. The SMILES string of the molecule is CC(N)c1cccc2nc(C(F)(F)F)nn12. The van der Waals surface area contributed by atoms with Crippen molar-refractivity contribution in [3.8, 4) is 0 Å². The van der Waals surface area contributed by atoms with Crippen LogP contribution in [0.2, 0.25) is 0 Å². The van der Waals surface area contributed by atoms with Crippen LogP contribution in [0.5, 0.6) is 0 Å². The van der Waals surface area contributed by atoms with Crippen molar-refractivity contribution in [2.45, 2.75) is 19.1 Å². The smallest absolute Gasteiger partial charge is 0.323 e. The maximum Gasteiger partial charge on any atom is 0.453 e. The number of hydrogen-bond donors (Lipinski definition) is 1. The number of aromatic nitrogens is 3. The molecule has 4 nitrogen and oxygen atoms in total. The summed E-state index contributed by atoms with van der Waals surface area (Å²) >= 11 is 0. The minimum absolute atomic E-state index is 0.141. The number of halogens is 3. The van der Waals surface area contributed by atoms with E-state index in [1.54, 1.807) is 19.1 Å². The lowest BCUT2D eigenvalue weighted by atomic mass is 10.2. The van der Waals surface area contributed by atoms with Crippen LogP contribution in [-0.2, 0) is 6.18 Å². The summed E-state index contributed by atoms with van der Waals surface area (Å²) in [4.78, 5) is 3.40. The molecule has 0 bridgehead atoms. The summed E-state index contributed by atoms with van der Waals surface area (Å²) < 4.78 is 38.3. The molecule has 0 radical (unpaired) electrons. The first-order valence-corrected chi connectivity index (χ1v) is 4.58. The first-order chi connectivity index (χ1) is 7.39. The van der Waals surface area contributed by atoms with Gasteiger partial charge in [-0.15, -0.1) is 5.10 Å². The highest BCUT2D eigenvalue weighted by atomic mass is 19.4. The van der Waals surface area contributed by atoms with E-state index in [1.165, 1.54) is 6.07 Å². The number of fused-ring (bicyclic) bond motifs is 1. The fourth-order valence-electron chi connectivity index (χ4n) is 1.39. The number of rotatable bonds is 1. The first kappa shape index (κ1) is 10.9. The van der Waals surface area contributed by atoms with Crippen LogP contribution in [0.4, 0.5) is 13.2 Å². The molecule has 1 unspecified atom stereocenters. The summed E-state index contributed by atoms with van der Waals surface area (Å²) in [5.74, 6) is -1.15. The molecule has 2 rings (SSSR count). The van der Waals surface area contributed by atoms with Crippen molar-refractivity contribution < 1.29 is 13.2 Å². The van der Waals surface area contributed by atoms with Crippen molar-refractivity contribution in [2.75, 3.05) is 0 Å². The van der Waals surface area contributed by atoms with Crippen LogP contribution in [0.1, 0.15) is 24.5 Å². The Hall–Kier alpha value is -1.63. The Morgan fingerprint density at radius 3 is 2.62 bits per heavy atom. The minimum Gasteiger partial charge on any atom is -0.323 e. The van der Waals surface area contributed by atoms with Gasteiger partial charge in [0.2, 0.25) is 0 Å². The minimum atomic E-state index is -4.54. The molecule has 2 aromatic heterocycles. The fraction of sp³-hybridized carbons (Fsp3) is 0.333. The third-order valence-electron chi connectivity index (χ3n) is 2.11. The van der Waals surface area contributed by atoms with Crippen LogP contribution >= 0.6 is 0 Å². The highest BCUT2D eigenvalue weighted by Crippen LogP contribution is 2.27. The van der Waals surface area contributed by atoms with Crippen molar-refractivity contribution in [3.63, 3.8) is 0 Å². The summed E-state index contributed by atoms with van der Waals surface area (Å²) in [6, 6.07) is 4.26. The zero-order valence-corrected chi connectivity index (χ0v) is 8.36. The average Bonchev–Trinajstić information content (AvgIpc) is 2.59. The van der Waals surface area contributed by atoms with E-state index in [1.807, 2.05) is 0 Å². The van der Waals surface area contributed by atoms with E-state index in [2.05, 4.69) is 10.1 Å².